The lowest BCUT2D eigenvalue weighted by atomic mass is 11.9. The first kappa shape index (κ1) is 50.9. The summed E-state index contributed by atoms with van der Waals surface area (Å²) in [5.41, 5.74) is 0. The predicted molar refractivity (Wildman–Crippen MR) is 42.4 cm³/mol. The zero-order valence-corrected chi connectivity index (χ0v) is 6.88. The summed E-state index contributed by atoms with van der Waals surface area (Å²) in [5, 5.41) is 30.0. The van der Waals surface area contributed by atoms with E-state index < -0.39 is 5.09 Å². The van der Waals surface area contributed by atoms with Gasteiger partial charge in [-0.2, -0.15) is 0 Å². The molecule has 12 heavy (non-hydrogen) atoms. The molecule has 0 aromatic rings. The minimum atomic E-state index is -1.75. The normalized spacial score (nSPS) is 3.17. The molecule has 11 nitrogen and oxygen atoms in total. The number of hydrogen-bond acceptors (Lipinski definition) is 7. The predicted octanol–water partition coefficient (Wildman–Crippen LogP) is 1.24. The van der Waals surface area contributed by atoms with Crippen LogP contribution < -0.4 is 18.5 Å². The van der Waals surface area contributed by atoms with Crippen molar-refractivity contribution in [3.05, 3.63) is 32.0 Å². The second-order valence-corrected chi connectivity index (χ2v) is 0.298. The fraction of sp³-hybridized carbons (Fsp3) is 0. The molecule has 0 amide bonds. The van der Waals surface area contributed by atoms with Crippen LogP contribution in [0.25, 0.3) is 0 Å². The van der Waals surface area contributed by atoms with Gasteiger partial charge in [-0.1, -0.05) is 0 Å². The van der Waals surface area contributed by atoms with Crippen LogP contribution in [0, 0.1) is 37.3 Å². The smallest absolute Gasteiger partial charge is 0.0689 e. The van der Waals surface area contributed by atoms with Gasteiger partial charge in [0.1, 0.15) is 0 Å². The summed E-state index contributed by atoms with van der Waals surface area (Å²) in [6.07, 6.45) is 0. The maximum atomic E-state index is 8.25. The lowest BCUT2D eigenvalue weighted by molar-refractivity contribution is -0.402. The Morgan fingerprint density at radius 3 is 1.17 bits per heavy atom. The molecule has 0 saturated carbocycles. The molecular weight excluding hydrogens is 176 g/mol. The van der Waals surface area contributed by atoms with E-state index >= 15 is 0 Å². The first-order valence-electron chi connectivity index (χ1n) is 1.14. The van der Waals surface area contributed by atoms with Gasteiger partial charge in [-0.05, 0) is 0 Å². The summed E-state index contributed by atoms with van der Waals surface area (Å²) in [5.74, 6) is 0. The largest absolute Gasteiger partial charge is 0.512 e. The highest BCUT2D eigenvalue weighted by Gasteiger charge is 1.45. The Balaban J connectivity index is -0.0000000105. The summed E-state index contributed by atoms with van der Waals surface area (Å²) in [7, 11) is 0. The number of rotatable bonds is 0. The average Bonchev–Trinajstić information content (AvgIpc) is 1.71. The highest BCUT2D eigenvalue weighted by molar-refractivity contribution is 4.21. The van der Waals surface area contributed by atoms with Gasteiger partial charge < -0.3 is 55.7 Å². The molecule has 12 N–H and O–H groups in total. The number of nitrogens with zero attached hydrogens (tertiary/aromatic N) is 3. The first-order chi connectivity index (χ1) is 4.15. The van der Waals surface area contributed by atoms with Crippen molar-refractivity contribution in [1.82, 2.24) is 18.5 Å². The van der Waals surface area contributed by atoms with Crippen molar-refractivity contribution in [2.75, 3.05) is 0 Å². The Bertz CT molecular complexity index is 87.2. The second-order valence-electron chi connectivity index (χ2n) is 0.298. The van der Waals surface area contributed by atoms with E-state index in [2.05, 4.69) is 0 Å². The lowest BCUT2D eigenvalue weighted by Crippen LogP contribution is -1.74. The van der Waals surface area contributed by atoms with Crippen molar-refractivity contribution in [3.8, 4) is 0 Å². The molecule has 0 saturated heterocycles. The molecule has 76 valence electrons. The van der Waals surface area contributed by atoms with Gasteiger partial charge in [0.2, 0.25) is 0 Å². The van der Waals surface area contributed by atoms with E-state index in [4.69, 9.17) is 37.3 Å². The lowest BCUT2D eigenvalue weighted by Gasteiger charge is -1.74. The van der Waals surface area contributed by atoms with Crippen molar-refractivity contribution in [1.29, 1.82) is 5.26 Å². The molecule has 0 aliphatic carbocycles. The summed E-state index contributed by atoms with van der Waals surface area (Å²) < 4.78 is 0. The number of hydrogen-bond donors (Lipinski definition) is 3. The Morgan fingerprint density at radius 1 is 1.17 bits per heavy atom. The van der Waals surface area contributed by atoms with Crippen molar-refractivity contribution in [2.24, 2.45) is 5.34 Å². The molecule has 11 heteroatoms. The molecule has 0 heterocycles. The Labute approximate surface area is 67.4 Å². The first-order valence-corrected chi connectivity index (χ1v) is 1.14. The molecule has 0 spiro atoms. The van der Waals surface area contributed by atoms with E-state index in [1.165, 1.54) is 0 Å². The topological polar surface area (TPSA) is 252 Å². The van der Waals surface area contributed by atoms with Gasteiger partial charge >= 0.3 is 0 Å². The standard InChI is InChI=1S/CN.NO3.HNO2.3H3N/c1-2;2-1(3)4;2-1-3;;;/h;;(H,2,3);3*1H3/q2*-1;;;;/p+2. The van der Waals surface area contributed by atoms with Gasteiger partial charge in [-0.3, -0.25) is 0 Å². The van der Waals surface area contributed by atoms with Gasteiger partial charge in [0.15, 0.2) is 0 Å². The fourth-order valence-electron chi connectivity index (χ4n) is 0. The zero-order valence-electron chi connectivity index (χ0n) is 6.88. The van der Waals surface area contributed by atoms with E-state index in [0.29, 0.717) is 0 Å². The van der Waals surface area contributed by atoms with Crippen molar-refractivity contribution >= 4 is 0 Å². The SMILES string of the molecule is O=N[O-].O=[N+]([O-])[O-].[C-]#N.[NH4+].[NH4+].[NH4+]. The monoisotopic (exact) mass is 188 g/mol. The van der Waals surface area contributed by atoms with Crippen LogP contribution >= 0.6 is 0 Å². The van der Waals surface area contributed by atoms with Crippen LogP contribution in [0.4, 0.5) is 0 Å². The summed E-state index contributed by atoms with van der Waals surface area (Å²) in [6.45, 7) is 4.75. The molecule has 0 atom stereocenters. The molecule has 0 bridgehead atoms. The molecule has 0 rings (SSSR count). The van der Waals surface area contributed by atoms with E-state index in [1.54, 1.807) is 0 Å². The highest BCUT2D eigenvalue weighted by Crippen LogP contribution is 1.44. The Hall–Kier alpha value is -2.03. The van der Waals surface area contributed by atoms with Gasteiger partial charge in [-0.25, -0.2) is 0 Å². The van der Waals surface area contributed by atoms with Crippen LogP contribution in [-0.2, 0) is 0 Å². The molecule has 0 radical (unpaired) electrons. The minimum absolute atomic E-state index is 0. The molecule has 0 aliphatic heterocycles. The van der Waals surface area contributed by atoms with Crippen LogP contribution in [-0.4, -0.2) is 5.09 Å². The van der Waals surface area contributed by atoms with E-state index in [1.807, 2.05) is 0 Å². The molecule has 0 unspecified atom stereocenters. The third-order valence-electron chi connectivity index (χ3n) is 0. The van der Waals surface area contributed by atoms with Gasteiger partial charge in [0.05, 0.1) is 5.09 Å². The van der Waals surface area contributed by atoms with Crippen LogP contribution in [0.5, 0.6) is 0 Å². The molecule has 0 aromatic carbocycles. The Morgan fingerprint density at radius 2 is 1.17 bits per heavy atom. The van der Waals surface area contributed by atoms with Crippen molar-refractivity contribution < 1.29 is 5.09 Å². The van der Waals surface area contributed by atoms with Crippen molar-refractivity contribution in [3.63, 3.8) is 0 Å². The molecule has 0 aliphatic rings. The van der Waals surface area contributed by atoms with Gasteiger partial charge in [0, 0.05) is 0 Å². The van der Waals surface area contributed by atoms with Crippen LogP contribution in [0.2, 0.25) is 0 Å². The average molecular weight is 188 g/mol. The maximum Gasteiger partial charge on any atom is 0.0689 e. The third kappa shape index (κ3) is 94.0. The molecule has 0 aromatic heterocycles. The minimum Gasteiger partial charge on any atom is -0.512 e. The maximum absolute atomic E-state index is 8.25. The molecular formula is CH12N6O5. The van der Waals surface area contributed by atoms with E-state index in [9.17, 15) is 0 Å². The summed E-state index contributed by atoms with van der Waals surface area (Å²) in [6, 6.07) is 0. The van der Waals surface area contributed by atoms with Crippen LogP contribution in [0.1, 0.15) is 0 Å². The van der Waals surface area contributed by atoms with Gasteiger partial charge in [-0.15, -0.1) is 5.34 Å². The molecule has 0 fully saturated rings. The second kappa shape index (κ2) is 147. The van der Waals surface area contributed by atoms with Crippen molar-refractivity contribution in [2.45, 2.75) is 0 Å². The van der Waals surface area contributed by atoms with Gasteiger partial charge in [0.25, 0.3) is 0 Å². The van der Waals surface area contributed by atoms with E-state index in [0.717, 1.165) is 5.34 Å². The summed E-state index contributed by atoms with van der Waals surface area (Å²) in [4.78, 5) is 16.2. The highest BCUT2D eigenvalue weighted by atomic mass is 16.9. The van der Waals surface area contributed by atoms with Crippen LogP contribution in [0.15, 0.2) is 5.34 Å². The Kier molecular flexibility index (Phi) is 623. The summed E-state index contributed by atoms with van der Waals surface area (Å²) >= 11 is 0. The zero-order chi connectivity index (χ0) is 8.28. The quantitative estimate of drug-likeness (QED) is 0.217. The van der Waals surface area contributed by atoms with Crippen LogP contribution in [0.3, 0.4) is 0 Å². The number of quaternary nitrogens is 3. The van der Waals surface area contributed by atoms with E-state index in [-0.39, 0.29) is 18.5 Å². The third-order valence-corrected chi connectivity index (χ3v) is 0. The fourth-order valence-corrected chi connectivity index (χ4v) is 0.